The molecular formula is C23H31F3N4O4. The zero-order valence-electron chi connectivity index (χ0n) is 19.8. The van der Waals surface area contributed by atoms with Crippen molar-refractivity contribution in [3.8, 4) is 0 Å². The zero-order valence-corrected chi connectivity index (χ0v) is 19.8. The molecule has 188 valence electrons. The summed E-state index contributed by atoms with van der Waals surface area (Å²) in [5.74, 6) is -0.706. The van der Waals surface area contributed by atoms with Gasteiger partial charge in [0, 0.05) is 24.7 Å². The van der Waals surface area contributed by atoms with Crippen molar-refractivity contribution in [2.75, 3.05) is 12.4 Å². The van der Waals surface area contributed by atoms with Crippen LogP contribution in [0.2, 0.25) is 0 Å². The maximum absolute atomic E-state index is 13.2. The summed E-state index contributed by atoms with van der Waals surface area (Å²) in [6.45, 7) is 6.66. The van der Waals surface area contributed by atoms with Crippen LogP contribution in [0.25, 0.3) is 0 Å². The molecule has 1 saturated carbocycles. The molecule has 11 heteroatoms. The number of rotatable bonds is 5. The summed E-state index contributed by atoms with van der Waals surface area (Å²) in [4.78, 5) is 33.1. The van der Waals surface area contributed by atoms with Gasteiger partial charge in [-0.05, 0) is 25.0 Å². The predicted octanol–water partition coefficient (Wildman–Crippen LogP) is 5.02. The molecule has 1 amide bonds. The monoisotopic (exact) mass is 484 g/mol. The van der Waals surface area contributed by atoms with E-state index in [0.717, 1.165) is 18.6 Å². The van der Waals surface area contributed by atoms with Crippen molar-refractivity contribution in [1.82, 2.24) is 14.9 Å². The van der Waals surface area contributed by atoms with Crippen molar-refractivity contribution in [1.29, 1.82) is 0 Å². The lowest BCUT2D eigenvalue weighted by Crippen LogP contribution is -2.38. The SMILES string of the molecule is CN(C(=O)c1cnc(C(C)(C)C)nc1NCc1ccco1)C1CCCCC1.O=C(O)C(F)(F)F. The molecule has 34 heavy (non-hydrogen) atoms. The second kappa shape index (κ2) is 11.3. The first-order valence-electron chi connectivity index (χ1n) is 11.0. The minimum absolute atomic E-state index is 0.0238. The third-order valence-corrected chi connectivity index (χ3v) is 5.39. The smallest absolute Gasteiger partial charge is 0.475 e. The molecule has 2 aromatic rings. The third kappa shape index (κ3) is 7.74. The van der Waals surface area contributed by atoms with E-state index in [1.807, 2.05) is 24.1 Å². The molecule has 2 aromatic heterocycles. The molecular weight excluding hydrogens is 453 g/mol. The number of alkyl halides is 3. The van der Waals surface area contributed by atoms with Crippen LogP contribution in [-0.4, -0.2) is 51.1 Å². The molecule has 3 rings (SSSR count). The predicted molar refractivity (Wildman–Crippen MR) is 119 cm³/mol. The molecule has 0 unspecified atom stereocenters. The van der Waals surface area contributed by atoms with Crippen LogP contribution in [0.15, 0.2) is 29.0 Å². The summed E-state index contributed by atoms with van der Waals surface area (Å²) in [5, 5.41) is 10.4. The lowest BCUT2D eigenvalue weighted by atomic mass is 9.94. The van der Waals surface area contributed by atoms with E-state index in [4.69, 9.17) is 14.3 Å². The quantitative estimate of drug-likeness (QED) is 0.614. The lowest BCUT2D eigenvalue weighted by Gasteiger charge is -2.31. The van der Waals surface area contributed by atoms with E-state index >= 15 is 0 Å². The number of carbonyl (C=O) groups excluding carboxylic acids is 1. The van der Waals surface area contributed by atoms with Crippen LogP contribution in [0, 0.1) is 0 Å². The van der Waals surface area contributed by atoms with Gasteiger partial charge in [0.1, 0.15) is 23.0 Å². The third-order valence-electron chi connectivity index (χ3n) is 5.39. The first-order valence-corrected chi connectivity index (χ1v) is 11.0. The molecule has 0 atom stereocenters. The van der Waals surface area contributed by atoms with Crippen LogP contribution in [0.3, 0.4) is 0 Å². The highest BCUT2D eigenvalue weighted by Gasteiger charge is 2.38. The van der Waals surface area contributed by atoms with Crippen LogP contribution >= 0.6 is 0 Å². The fourth-order valence-corrected chi connectivity index (χ4v) is 3.44. The Hall–Kier alpha value is -3.11. The highest BCUT2D eigenvalue weighted by molar-refractivity contribution is 5.98. The normalized spacial score (nSPS) is 14.7. The molecule has 1 aliphatic rings. The highest BCUT2D eigenvalue weighted by atomic mass is 19.4. The lowest BCUT2D eigenvalue weighted by molar-refractivity contribution is -0.192. The van der Waals surface area contributed by atoms with Crippen molar-refractivity contribution in [3.63, 3.8) is 0 Å². The van der Waals surface area contributed by atoms with E-state index < -0.39 is 12.1 Å². The van der Waals surface area contributed by atoms with Gasteiger partial charge in [0.05, 0.1) is 12.8 Å². The Labute approximate surface area is 196 Å². The van der Waals surface area contributed by atoms with E-state index in [1.165, 1.54) is 19.3 Å². The molecule has 1 aliphatic carbocycles. The van der Waals surface area contributed by atoms with Crippen molar-refractivity contribution in [2.45, 2.75) is 77.1 Å². The van der Waals surface area contributed by atoms with Gasteiger partial charge in [-0.15, -0.1) is 0 Å². The molecule has 2 N–H and O–H groups in total. The minimum Gasteiger partial charge on any atom is -0.475 e. The zero-order chi connectivity index (χ0) is 25.5. The van der Waals surface area contributed by atoms with Gasteiger partial charge in [-0.25, -0.2) is 14.8 Å². The second-order valence-electron chi connectivity index (χ2n) is 9.15. The topological polar surface area (TPSA) is 109 Å². The minimum atomic E-state index is -5.08. The van der Waals surface area contributed by atoms with E-state index in [9.17, 15) is 18.0 Å². The van der Waals surface area contributed by atoms with Crippen LogP contribution < -0.4 is 5.32 Å². The fraction of sp³-hybridized carbons (Fsp3) is 0.565. The van der Waals surface area contributed by atoms with Gasteiger partial charge in [-0.3, -0.25) is 4.79 Å². The van der Waals surface area contributed by atoms with Gasteiger partial charge in [0.2, 0.25) is 0 Å². The van der Waals surface area contributed by atoms with Gasteiger partial charge >= 0.3 is 12.1 Å². The van der Waals surface area contributed by atoms with Gasteiger partial charge in [-0.2, -0.15) is 13.2 Å². The number of hydrogen-bond donors (Lipinski definition) is 2. The van der Waals surface area contributed by atoms with Crippen LogP contribution in [0.1, 0.15) is 74.8 Å². The number of carboxylic acid groups (broad SMARTS) is 1. The van der Waals surface area contributed by atoms with Gasteiger partial charge in [0.25, 0.3) is 5.91 Å². The van der Waals surface area contributed by atoms with Crippen LogP contribution in [-0.2, 0) is 16.8 Å². The Kier molecular flexibility index (Phi) is 9.06. The van der Waals surface area contributed by atoms with Crippen molar-refractivity contribution < 1.29 is 32.3 Å². The second-order valence-corrected chi connectivity index (χ2v) is 9.15. The van der Waals surface area contributed by atoms with E-state index in [1.54, 1.807) is 12.5 Å². The van der Waals surface area contributed by atoms with Gasteiger partial charge < -0.3 is 19.7 Å². The highest BCUT2D eigenvalue weighted by Crippen LogP contribution is 2.26. The Morgan fingerprint density at radius 1 is 1.21 bits per heavy atom. The fourth-order valence-electron chi connectivity index (χ4n) is 3.44. The maximum atomic E-state index is 13.2. The Balaban J connectivity index is 0.000000509. The molecule has 0 aliphatic heterocycles. The number of carbonyl (C=O) groups is 2. The molecule has 8 nitrogen and oxygen atoms in total. The number of carboxylic acids is 1. The number of anilines is 1. The number of halogens is 3. The average Bonchev–Trinajstić information content (AvgIpc) is 3.30. The number of nitrogens with one attached hydrogen (secondary N) is 1. The van der Waals surface area contributed by atoms with Crippen molar-refractivity contribution >= 4 is 17.7 Å². The summed E-state index contributed by atoms with van der Waals surface area (Å²) in [6.07, 6.45) is 3.99. The summed E-state index contributed by atoms with van der Waals surface area (Å²) in [6, 6.07) is 4.04. The van der Waals surface area contributed by atoms with Crippen LogP contribution in [0.5, 0.6) is 0 Å². The summed E-state index contributed by atoms with van der Waals surface area (Å²) < 4.78 is 37.1. The number of amides is 1. The van der Waals surface area contributed by atoms with Gasteiger partial charge in [0.15, 0.2) is 0 Å². The number of aromatic nitrogens is 2. The van der Waals surface area contributed by atoms with Crippen molar-refractivity contribution in [2.24, 2.45) is 0 Å². The molecule has 0 spiro atoms. The maximum Gasteiger partial charge on any atom is 0.490 e. The number of hydrogen-bond acceptors (Lipinski definition) is 6. The largest absolute Gasteiger partial charge is 0.490 e. The van der Waals surface area contributed by atoms with Crippen molar-refractivity contribution in [3.05, 3.63) is 41.7 Å². The van der Waals surface area contributed by atoms with E-state index in [-0.39, 0.29) is 11.3 Å². The Morgan fingerprint density at radius 3 is 2.32 bits per heavy atom. The molecule has 0 bridgehead atoms. The Bertz CT molecular complexity index is 950. The summed E-state index contributed by atoms with van der Waals surface area (Å²) in [7, 11) is 1.90. The van der Waals surface area contributed by atoms with Gasteiger partial charge in [-0.1, -0.05) is 40.0 Å². The number of aliphatic carboxylic acids is 1. The average molecular weight is 485 g/mol. The molecule has 0 saturated heterocycles. The summed E-state index contributed by atoms with van der Waals surface area (Å²) >= 11 is 0. The Morgan fingerprint density at radius 2 is 1.82 bits per heavy atom. The summed E-state index contributed by atoms with van der Waals surface area (Å²) in [5.41, 5.74) is 0.320. The van der Waals surface area contributed by atoms with E-state index in [2.05, 4.69) is 36.1 Å². The molecule has 1 fully saturated rings. The number of nitrogens with zero attached hydrogens (tertiary/aromatic N) is 3. The first kappa shape index (κ1) is 27.1. The van der Waals surface area contributed by atoms with E-state index in [0.29, 0.717) is 29.8 Å². The first-order chi connectivity index (χ1) is 15.8. The van der Waals surface area contributed by atoms with Crippen LogP contribution in [0.4, 0.5) is 19.0 Å². The molecule has 2 heterocycles. The molecule has 0 aromatic carbocycles. The number of furan rings is 1. The molecule has 0 radical (unpaired) electrons. The standard InChI is InChI=1S/C21H30N4O2.C2HF3O2/c1-21(2,3)20-23-14-17(18(24-20)22-13-16-11-8-12-27-16)19(26)25(4)15-9-6-5-7-10-15;3-2(4,5)1(6)7/h8,11-12,14-15H,5-7,9-10,13H2,1-4H3,(H,22,23,24);(H,6,7).